The highest BCUT2D eigenvalue weighted by atomic mass is 35.5. The second kappa shape index (κ2) is 5.71. The predicted molar refractivity (Wildman–Crippen MR) is 68.5 cm³/mol. The molecule has 0 radical (unpaired) electrons. The molecule has 0 saturated carbocycles. The number of aromatic hydroxyl groups is 1. The Morgan fingerprint density at radius 2 is 2.35 bits per heavy atom. The molecule has 1 unspecified atom stereocenters. The predicted octanol–water partition coefficient (Wildman–Crippen LogP) is 2.83. The second-order valence-electron chi connectivity index (χ2n) is 4.34. The number of halogens is 1. The minimum atomic E-state index is -0.0325. The summed E-state index contributed by atoms with van der Waals surface area (Å²) in [6.45, 7) is 5.79. The van der Waals surface area contributed by atoms with Gasteiger partial charge in [-0.3, -0.25) is 4.90 Å². The van der Waals surface area contributed by atoms with E-state index in [9.17, 15) is 5.11 Å². The topological polar surface area (TPSA) is 32.7 Å². The van der Waals surface area contributed by atoms with Crippen LogP contribution in [0, 0.1) is 0 Å². The van der Waals surface area contributed by atoms with E-state index in [0.717, 1.165) is 38.2 Å². The maximum absolute atomic E-state index is 9.60. The third kappa shape index (κ3) is 2.92. The largest absolute Gasteiger partial charge is 0.506 e. The first kappa shape index (κ1) is 12.7. The van der Waals surface area contributed by atoms with E-state index in [2.05, 4.69) is 11.8 Å². The van der Waals surface area contributed by atoms with Crippen LogP contribution in [0.4, 0.5) is 0 Å². The molecule has 3 nitrogen and oxygen atoms in total. The number of morpholine rings is 1. The molecular formula is C13H18ClNO2. The minimum Gasteiger partial charge on any atom is -0.506 e. The Kier molecular flexibility index (Phi) is 4.26. The summed E-state index contributed by atoms with van der Waals surface area (Å²) in [6, 6.07) is 5.32. The number of nitrogens with zero attached hydrogens (tertiary/aromatic N) is 1. The van der Waals surface area contributed by atoms with Crippen molar-refractivity contribution >= 4 is 11.6 Å². The number of hydrogen-bond acceptors (Lipinski definition) is 3. The van der Waals surface area contributed by atoms with Crippen LogP contribution >= 0.6 is 11.6 Å². The molecule has 1 aliphatic rings. The first-order valence-corrected chi connectivity index (χ1v) is 6.41. The van der Waals surface area contributed by atoms with E-state index in [4.69, 9.17) is 16.3 Å². The van der Waals surface area contributed by atoms with Crippen LogP contribution in [0.2, 0.25) is 5.02 Å². The van der Waals surface area contributed by atoms with Gasteiger partial charge in [0.2, 0.25) is 0 Å². The van der Waals surface area contributed by atoms with Crippen molar-refractivity contribution in [1.29, 1.82) is 0 Å². The van der Waals surface area contributed by atoms with Gasteiger partial charge in [0.1, 0.15) is 5.75 Å². The lowest BCUT2D eigenvalue weighted by Crippen LogP contribution is -2.38. The highest BCUT2D eigenvalue weighted by Gasteiger charge is 2.23. The van der Waals surface area contributed by atoms with Crippen molar-refractivity contribution in [3.05, 3.63) is 28.8 Å². The van der Waals surface area contributed by atoms with Gasteiger partial charge in [-0.2, -0.15) is 0 Å². The molecule has 1 saturated heterocycles. The molecule has 0 aromatic heterocycles. The van der Waals surface area contributed by atoms with E-state index >= 15 is 0 Å². The fraction of sp³-hybridized carbons (Fsp3) is 0.538. The molecule has 17 heavy (non-hydrogen) atoms. The lowest BCUT2D eigenvalue weighted by Gasteiger charge is -2.33. The third-order valence-electron chi connectivity index (χ3n) is 3.05. The lowest BCUT2D eigenvalue weighted by molar-refractivity contribution is -0.0298. The molecule has 1 heterocycles. The molecule has 1 fully saturated rings. The Morgan fingerprint density at radius 1 is 1.53 bits per heavy atom. The zero-order valence-corrected chi connectivity index (χ0v) is 10.8. The van der Waals surface area contributed by atoms with Crippen LogP contribution in [-0.2, 0) is 4.74 Å². The van der Waals surface area contributed by atoms with Crippen molar-refractivity contribution in [3.63, 3.8) is 0 Å². The fourth-order valence-electron chi connectivity index (χ4n) is 2.20. The van der Waals surface area contributed by atoms with Gasteiger partial charge in [-0.15, -0.1) is 0 Å². The average Bonchev–Trinajstić information content (AvgIpc) is 2.33. The molecule has 94 valence electrons. The van der Waals surface area contributed by atoms with Gasteiger partial charge in [-0.1, -0.05) is 30.7 Å². The van der Waals surface area contributed by atoms with Gasteiger partial charge < -0.3 is 9.84 Å². The first-order valence-electron chi connectivity index (χ1n) is 6.03. The maximum Gasteiger partial charge on any atom is 0.134 e. The van der Waals surface area contributed by atoms with Gasteiger partial charge in [0.05, 0.1) is 17.7 Å². The van der Waals surface area contributed by atoms with E-state index in [1.807, 2.05) is 6.07 Å². The van der Waals surface area contributed by atoms with Crippen molar-refractivity contribution in [2.75, 3.05) is 26.2 Å². The Bertz CT molecular complexity index is 382. The smallest absolute Gasteiger partial charge is 0.134 e. The Balaban J connectivity index is 2.13. The summed E-state index contributed by atoms with van der Waals surface area (Å²) < 4.78 is 5.74. The number of phenols is 1. The molecule has 0 aliphatic carbocycles. The number of hydrogen-bond donors (Lipinski definition) is 1. The monoisotopic (exact) mass is 255 g/mol. The summed E-state index contributed by atoms with van der Waals surface area (Å²) in [7, 11) is 0. The zero-order valence-electron chi connectivity index (χ0n) is 10.0. The van der Waals surface area contributed by atoms with Crippen molar-refractivity contribution in [1.82, 2.24) is 4.90 Å². The van der Waals surface area contributed by atoms with Gasteiger partial charge in [-0.25, -0.2) is 0 Å². The van der Waals surface area contributed by atoms with Crippen LogP contribution in [-0.4, -0.2) is 36.2 Å². The lowest BCUT2D eigenvalue weighted by atomic mass is 10.1. The second-order valence-corrected chi connectivity index (χ2v) is 4.72. The molecule has 1 N–H and O–H groups in total. The van der Waals surface area contributed by atoms with Crippen molar-refractivity contribution in [2.45, 2.75) is 19.4 Å². The standard InChI is InChI=1S/C13H18ClNO2/c1-2-6-15-7-8-17-12(9-15)10-4-3-5-11(16)13(10)14/h3-5,12,16H,2,6-9H2,1H3. The fourth-order valence-corrected chi connectivity index (χ4v) is 2.44. The Hall–Kier alpha value is -0.770. The molecule has 2 rings (SSSR count). The van der Waals surface area contributed by atoms with Gasteiger partial charge in [0.15, 0.2) is 0 Å². The van der Waals surface area contributed by atoms with Crippen LogP contribution in [0.3, 0.4) is 0 Å². The summed E-state index contributed by atoms with van der Waals surface area (Å²) in [6.07, 6.45) is 1.11. The van der Waals surface area contributed by atoms with Crippen LogP contribution in [0.15, 0.2) is 18.2 Å². The molecule has 4 heteroatoms. The Morgan fingerprint density at radius 3 is 3.12 bits per heavy atom. The average molecular weight is 256 g/mol. The van der Waals surface area contributed by atoms with E-state index in [1.165, 1.54) is 0 Å². The van der Waals surface area contributed by atoms with Gasteiger partial charge in [0, 0.05) is 18.7 Å². The minimum absolute atomic E-state index is 0.0325. The Labute approximate surface area is 107 Å². The number of phenolic OH excluding ortho intramolecular Hbond substituents is 1. The quantitative estimate of drug-likeness (QED) is 0.902. The molecule has 1 atom stereocenters. The number of ether oxygens (including phenoxy) is 1. The van der Waals surface area contributed by atoms with Crippen LogP contribution in [0.5, 0.6) is 5.75 Å². The van der Waals surface area contributed by atoms with E-state index in [0.29, 0.717) is 5.02 Å². The summed E-state index contributed by atoms with van der Waals surface area (Å²) in [5.74, 6) is 0.125. The van der Waals surface area contributed by atoms with Crippen LogP contribution in [0.25, 0.3) is 0 Å². The van der Waals surface area contributed by atoms with Crippen LogP contribution in [0.1, 0.15) is 25.0 Å². The third-order valence-corrected chi connectivity index (χ3v) is 3.46. The molecule has 1 aromatic carbocycles. The van der Waals surface area contributed by atoms with Crippen molar-refractivity contribution < 1.29 is 9.84 Å². The van der Waals surface area contributed by atoms with E-state index in [-0.39, 0.29) is 11.9 Å². The summed E-state index contributed by atoms with van der Waals surface area (Å²) in [4.78, 5) is 2.37. The SMILES string of the molecule is CCCN1CCOC(c2cccc(O)c2Cl)C1. The summed E-state index contributed by atoms with van der Waals surface area (Å²) in [5, 5.41) is 10.0. The van der Waals surface area contributed by atoms with Gasteiger partial charge >= 0.3 is 0 Å². The first-order chi connectivity index (χ1) is 8.22. The van der Waals surface area contributed by atoms with Gasteiger partial charge in [0.25, 0.3) is 0 Å². The van der Waals surface area contributed by atoms with E-state index in [1.54, 1.807) is 12.1 Å². The highest BCUT2D eigenvalue weighted by Crippen LogP contribution is 2.34. The molecule has 0 bridgehead atoms. The van der Waals surface area contributed by atoms with Gasteiger partial charge in [-0.05, 0) is 19.0 Å². The summed E-state index contributed by atoms with van der Waals surface area (Å²) >= 11 is 6.10. The number of benzene rings is 1. The summed E-state index contributed by atoms with van der Waals surface area (Å²) in [5.41, 5.74) is 0.882. The highest BCUT2D eigenvalue weighted by molar-refractivity contribution is 6.32. The normalized spacial score (nSPS) is 21.6. The van der Waals surface area contributed by atoms with Crippen LogP contribution < -0.4 is 0 Å². The van der Waals surface area contributed by atoms with Crippen molar-refractivity contribution in [3.8, 4) is 5.75 Å². The molecular weight excluding hydrogens is 238 g/mol. The van der Waals surface area contributed by atoms with Crippen molar-refractivity contribution in [2.24, 2.45) is 0 Å². The molecule has 1 aromatic rings. The number of rotatable bonds is 3. The molecule has 0 spiro atoms. The maximum atomic E-state index is 9.60. The molecule has 1 aliphatic heterocycles. The zero-order chi connectivity index (χ0) is 12.3. The molecule has 0 amide bonds. The van der Waals surface area contributed by atoms with E-state index < -0.39 is 0 Å².